The van der Waals surface area contributed by atoms with Crippen LogP contribution in [0.25, 0.3) is 0 Å². The van der Waals surface area contributed by atoms with Gasteiger partial charge in [-0.15, -0.1) is 11.8 Å². The van der Waals surface area contributed by atoms with Crippen LogP contribution in [0.1, 0.15) is 59.3 Å². The van der Waals surface area contributed by atoms with Crippen LogP contribution in [0.2, 0.25) is 0 Å². The van der Waals surface area contributed by atoms with Gasteiger partial charge in [0.05, 0.1) is 16.6 Å². The van der Waals surface area contributed by atoms with Crippen molar-refractivity contribution < 1.29 is 19.5 Å². The Morgan fingerprint density at radius 1 is 1.21 bits per heavy atom. The summed E-state index contributed by atoms with van der Waals surface area (Å²) in [5.74, 6) is -1.06. The smallest absolute Gasteiger partial charge is 0.244 e. The first kappa shape index (κ1) is 22.4. The van der Waals surface area contributed by atoms with Crippen LogP contribution in [0.5, 0.6) is 0 Å². The molecule has 3 rings (SSSR count). The maximum absolute atomic E-state index is 13.6. The van der Waals surface area contributed by atoms with Crippen molar-refractivity contribution in [2.24, 2.45) is 11.8 Å². The van der Waals surface area contributed by atoms with Crippen molar-refractivity contribution in [2.75, 3.05) is 20.2 Å². The SMILES string of the molecule is CNC(=O)[C@@H]1[C@H]2C(=O)N(CCCCCCO)C(C(=O)NC(C)C)C23CC[C@@]1(C)S3. The lowest BCUT2D eigenvalue weighted by Crippen LogP contribution is -2.55. The largest absolute Gasteiger partial charge is 0.396 e. The van der Waals surface area contributed by atoms with Crippen molar-refractivity contribution in [3.63, 3.8) is 0 Å². The van der Waals surface area contributed by atoms with Gasteiger partial charge in [-0.05, 0) is 46.5 Å². The van der Waals surface area contributed by atoms with E-state index in [-0.39, 0.29) is 35.1 Å². The Balaban J connectivity index is 1.90. The van der Waals surface area contributed by atoms with Gasteiger partial charge in [0.25, 0.3) is 0 Å². The number of nitrogens with one attached hydrogen (secondary N) is 2. The van der Waals surface area contributed by atoms with Gasteiger partial charge in [0, 0.05) is 31.0 Å². The minimum Gasteiger partial charge on any atom is -0.396 e. The molecule has 1 spiro atoms. The molecular formula is C21H35N3O4S. The zero-order valence-corrected chi connectivity index (χ0v) is 18.8. The molecular weight excluding hydrogens is 390 g/mol. The van der Waals surface area contributed by atoms with Gasteiger partial charge in [-0.3, -0.25) is 14.4 Å². The van der Waals surface area contributed by atoms with Crippen molar-refractivity contribution in [1.29, 1.82) is 0 Å². The van der Waals surface area contributed by atoms with E-state index in [1.54, 1.807) is 23.7 Å². The Morgan fingerprint density at radius 3 is 2.52 bits per heavy atom. The summed E-state index contributed by atoms with van der Waals surface area (Å²) in [7, 11) is 1.62. The number of likely N-dealkylation sites (tertiary alicyclic amines) is 1. The second-order valence-electron chi connectivity index (χ2n) is 9.17. The molecule has 3 aliphatic heterocycles. The maximum Gasteiger partial charge on any atom is 0.244 e. The number of hydrogen-bond donors (Lipinski definition) is 3. The molecule has 2 bridgehead atoms. The molecule has 0 aromatic rings. The third-order valence-corrected chi connectivity index (χ3v) is 8.78. The summed E-state index contributed by atoms with van der Waals surface area (Å²) >= 11 is 1.70. The van der Waals surface area contributed by atoms with Crippen molar-refractivity contribution in [2.45, 2.75) is 80.9 Å². The van der Waals surface area contributed by atoms with E-state index < -0.39 is 22.6 Å². The molecule has 0 saturated carbocycles. The van der Waals surface area contributed by atoms with E-state index in [4.69, 9.17) is 5.11 Å². The normalized spacial score (nSPS) is 35.3. The molecule has 0 aromatic carbocycles. The van der Waals surface area contributed by atoms with Crippen molar-refractivity contribution in [3.8, 4) is 0 Å². The molecule has 7 nitrogen and oxygen atoms in total. The number of carbonyl (C=O) groups excluding carboxylic acids is 3. The van der Waals surface area contributed by atoms with E-state index >= 15 is 0 Å². The van der Waals surface area contributed by atoms with Crippen molar-refractivity contribution in [1.82, 2.24) is 15.5 Å². The molecule has 3 saturated heterocycles. The number of amides is 3. The fourth-order valence-corrected chi connectivity index (χ4v) is 7.99. The first-order valence-corrected chi connectivity index (χ1v) is 11.7. The van der Waals surface area contributed by atoms with Gasteiger partial charge in [0.15, 0.2) is 0 Å². The molecule has 3 N–H and O–H groups in total. The number of aliphatic hydroxyl groups is 1. The molecule has 3 fully saturated rings. The van der Waals surface area contributed by atoms with Crippen molar-refractivity contribution in [3.05, 3.63) is 0 Å². The van der Waals surface area contributed by atoms with Gasteiger partial charge in [-0.1, -0.05) is 12.8 Å². The fourth-order valence-electron chi connectivity index (χ4n) is 5.63. The third kappa shape index (κ3) is 3.67. The second-order valence-corrected chi connectivity index (χ2v) is 11.1. The molecule has 2 unspecified atom stereocenters. The summed E-state index contributed by atoms with van der Waals surface area (Å²) in [6.07, 6.45) is 5.00. The van der Waals surface area contributed by atoms with Gasteiger partial charge >= 0.3 is 0 Å². The Hall–Kier alpha value is -1.28. The zero-order chi connectivity index (χ0) is 21.4. The van der Waals surface area contributed by atoms with E-state index in [1.165, 1.54) is 0 Å². The molecule has 0 radical (unpaired) electrons. The number of carbonyl (C=O) groups is 3. The predicted octanol–water partition coefficient (Wildman–Crippen LogP) is 1.29. The van der Waals surface area contributed by atoms with Crippen LogP contribution in [-0.4, -0.2) is 69.5 Å². The summed E-state index contributed by atoms with van der Waals surface area (Å²) < 4.78 is -0.822. The number of thioether (sulfide) groups is 1. The Bertz CT molecular complexity index is 672. The van der Waals surface area contributed by atoms with E-state index in [2.05, 4.69) is 17.6 Å². The fraction of sp³-hybridized carbons (Fsp3) is 0.857. The van der Waals surface area contributed by atoms with Crippen LogP contribution in [0.3, 0.4) is 0 Å². The lowest BCUT2D eigenvalue weighted by atomic mass is 9.66. The van der Waals surface area contributed by atoms with Crippen LogP contribution in [0.4, 0.5) is 0 Å². The summed E-state index contributed by atoms with van der Waals surface area (Å²) in [4.78, 5) is 41.4. The van der Waals surface area contributed by atoms with Crippen molar-refractivity contribution >= 4 is 29.5 Å². The molecule has 29 heavy (non-hydrogen) atoms. The highest BCUT2D eigenvalue weighted by atomic mass is 32.2. The standard InChI is InChI=1S/C21H35N3O4S/c1-13(2)23-18(27)16-21-10-9-20(3,29-21)14(17(26)22-4)15(21)19(28)24(16)11-7-5-6-8-12-25/h13-16,25H,5-12H2,1-4H3,(H,22,26)(H,23,27)/t14-,15-,16?,20+,21?/m0/s1. The van der Waals surface area contributed by atoms with Gasteiger partial charge in [-0.25, -0.2) is 0 Å². The number of aliphatic hydroxyl groups excluding tert-OH is 1. The average molecular weight is 426 g/mol. The number of nitrogens with zero attached hydrogens (tertiary/aromatic N) is 1. The van der Waals surface area contributed by atoms with E-state index in [1.807, 2.05) is 13.8 Å². The van der Waals surface area contributed by atoms with Crippen LogP contribution in [-0.2, 0) is 14.4 Å². The Morgan fingerprint density at radius 2 is 1.90 bits per heavy atom. The van der Waals surface area contributed by atoms with E-state index in [9.17, 15) is 14.4 Å². The zero-order valence-electron chi connectivity index (χ0n) is 18.0. The highest BCUT2D eigenvalue weighted by Crippen LogP contribution is 2.71. The molecule has 0 aromatic heterocycles. The molecule has 3 aliphatic rings. The minimum absolute atomic E-state index is 0.00613. The van der Waals surface area contributed by atoms with Gasteiger partial charge in [0.1, 0.15) is 6.04 Å². The van der Waals surface area contributed by atoms with Crippen LogP contribution < -0.4 is 10.6 Å². The summed E-state index contributed by atoms with van der Waals surface area (Å²) in [6, 6.07) is -0.532. The van der Waals surface area contributed by atoms with Gasteiger partial charge in [0.2, 0.25) is 17.7 Å². The van der Waals surface area contributed by atoms with Gasteiger partial charge < -0.3 is 20.6 Å². The Labute approximate surface area is 177 Å². The molecule has 3 amide bonds. The lowest BCUT2D eigenvalue weighted by molar-refractivity contribution is -0.140. The minimum atomic E-state index is -0.526. The quantitative estimate of drug-likeness (QED) is 0.484. The summed E-state index contributed by atoms with van der Waals surface area (Å²) in [5, 5.41) is 14.8. The molecule has 3 heterocycles. The first-order chi connectivity index (χ1) is 13.7. The Kier molecular flexibility index (Phi) is 6.53. The number of unbranched alkanes of at least 4 members (excludes halogenated alkanes) is 3. The van der Waals surface area contributed by atoms with E-state index in [0.717, 1.165) is 38.5 Å². The molecule has 0 aliphatic carbocycles. The summed E-state index contributed by atoms with van der Waals surface area (Å²) in [5.41, 5.74) is 0. The number of rotatable bonds is 9. The topological polar surface area (TPSA) is 98.7 Å². The third-order valence-electron chi connectivity index (χ3n) is 6.79. The molecule has 5 atom stereocenters. The number of fused-ring (bicyclic) bond motifs is 1. The lowest BCUT2D eigenvalue weighted by Gasteiger charge is -2.35. The second kappa shape index (κ2) is 8.46. The highest BCUT2D eigenvalue weighted by molar-refractivity contribution is 8.02. The average Bonchev–Trinajstić information content (AvgIpc) is 3.21. The number of hydrogen-bond acceptors (Lipinski definition) is 5. The van der Waals surface area contributed by atoms with Crippen LogP contribution in [0, 0.1) is 11.8 Å². The summed E-state index contributed by atoms with van der Waals surface area (Å²) in [6.45, 7) is 6.63. The first-order valence-electron chi connectivity index (χ1n) is 10.9. The molecule has 164 valence electrons. The van der Waals surface area contributed by atoms with E-state index in [0.29, 0.717) is 6.54 Å². The highest BCUT2D eigenvalue weighted by Gasteiger charge is 2.76. The van der Waals surface area contributed by atoms with Gasteiger partial charge in [-0.2, -0.15) is 0 Å². The molecule has 8 heteroatoms. The maximum atomic E-state index is 13.6. The van der Waals surface area contributed by atoms with Crippen LogP contribution >= 0.6 is 11.8 Å². The predicted molar refractivity (Wildman–Crippen MR) is 113 cm³/mol. The monoisotopic (exact) mass is 425 g/mol. The van der Waals surface area contributed by atoms with Crippen LogP contribution in [0.15, 0.2) is 0 Å².